The molecule has 0 aliphatic rings. The highest BCUT2D eigenvalue weighted by Gasteiger charge is 2.21. The van der Waals surface area contributed by atoms with E-state index in [1.807, 2.05) is 0 Å². The summed E-state index contributed by atoms with van der Waals surface area (Å²) in [6.45, 7) is 0. The zero-order valence-electron chi connectivity index (χ0n) is 10.2. The lowest BCUT2D eigenvalue weighted by molar-refractivity contribution is -0.118. The molecule has 20 heavy (non-hydrogen) atoms. The molecule has 0 radical (unpaired) electrons. The fourth-order valence-corrected chi connectivity index (χ4v) is 2.04. The molecular formula is C14H11Cl2FN2O. The Hall–Kier alpha value is -1.78. The minimum Gasteiger partial charge on any atom is -0.370 e. The highest BCUT2D eigenvalue weighted by Crippen LogP contribution is 2.25. The first-order valence-electron chi connectivity index (χ1n) is 5.74. The van der Waals surface area contributed by atoms with Crippen LogP contribution < -0.4 is 11.1 Å². The van der Waals surface area contributed by atoms with Crippen LogP contribution in [0.5, 0.6) is 0 Å². The third kappa shape index (κ3) is 3.40. The van der Waals surface area contributed by atoms with Crippen LogP contribution in [0.15, 0.2) is 42.5 Å². The Labute approximate surface area is 125 Å². The van der Waals surface area contributed by atoms with Crippen molar-refractivity contribution >= 4 is 34.8 Å². The summed E-state index contributed by atoms with van der Waals surface area (Å²) in [6, 6.07) is 9.72. The van der Waals surface area contributed by atoms with Gasteiger partial charge in [0.2, 0.25) is 5.91 Å². The van der Waals surface area contributed by atoms with Crippen LogP contribution in [0.25, 0.3) is 0 Å². The summed E-state index contributed by atoms with van der Waals surface area (Å²) in [5, 5.41) is 3.68. The number of amides is 1. The van der Waals surface area contributed by atoms with Crippen LogP contribution in [0.1, 0.15) is 11.6 Å². The summed E-state index contributed by atoms with van der Waals surface area (Å²) in [7, 11) is 0. The average Bonchev–Trinajstić information content (AvgIpc) is 2.39. The number of primary amides is 1. The minimum atomic E-state index is -0.992. The van der Waals surface area contributed by atoms with Crippen LogP contribution >= 0.6 is 23.2 Å². The van der Waals surface area contributed by atoms with Gasteiger partial charge in [0, 0.05) is 21.3 Å². The molecule has 0 aromatic heterocycles. The smallest absolute Gasteiger partial charge is 0.244 e. The van der Waals surface area contributed by atoms with Crippen molar-refractivity contribution in [3.63, 3.8) is 0 Å². The van der Waals surface area contributed by atoms with Gasteiger partial charge in [-0.3, -0.25) is 4.79 Å². The van der Waals surface area contributed by atoms with E-state index in [2.05, 4.69) is 5.32 Å². The molecule has 0 aliphatic carbocycles. The van der Waals surface area contributed by atoms with Crippen molar-refractivity contribution in [3.05, 3.63) is 63.9 Å². The quantitative estimate of drug-likeness (QED) is 0.903. The van der Waals surface area contributed by atoms with E-state index < -0.39 is 17.8 Å². The third-order valence-corrected chi connectivity index (χ3v) is 3.20. The molecule has 1 unspecified atom stereocenters. The third-order valence-electron chi connectivity index (χ3n) is 2.71. The molecule has 0 heterocycles. The van der Waals surface area contributed by atoms with Gasteiger partial charge in [-0.25, -0.2) is 4.39 Å². The van der Waals surface area contributed by atoms with Gasteiger partial charge in [-0.05, 0) is 36.4 Å². The van der Waals surface area contributed by atoms with Crippen LogP contribution in [0.2, 0.25) is 10.0 Å². The topological polar surface area (TPSA) is 55.1 Å². The van der Waals surface area contributed by atoms with Crippen molar-refractivity contribution in [2.24, 2.45) is 5.73 Å². The van der Waals surface area contributed by atoms with E-state index >= 15 is 0 Å². The molecular weight excluding hydrogens is 302 g/mol. The zero-order chi connectivity index (χ0) is 14.7. The predicted octanol–water partition coefficient (Wildman–Crippen LogP) is 3.77. The lowest BCUT2D eigenvalue weighted by Crippen LogP contribution is -2.28. The highest BCUT2D eigenvalue weighted by atomic mass is 35.5. The number of nitrogens with two attached hydrogens (primary N) is 1. The van der Waals surface area contributed by atoms with E-state index in [0.29, 0.717) is 10.7 Å². The van der Waals surface area contributed by atoms with Gasteiger partial charge in [-0.2, -0.15) is 0 Å². The molecule has 104 valence electrons. The van der Waals surface area contributed by atoms with E-state index in [1.54, 1.807) is 24.3 Å². The molecule has 1 amide bonds. The van der Waals surface area contributed by atoms with Gasteiger partial charge in [0.1, 0.15) is 11.9 Å². The van der Waals surface area contributed by atoms with Crippen molar-refractivity contribution in [2.75, 3.05) is 5.32 Å². The van der Waals surface area contributed by atoms with Crippen molar-refractivity contribution in [3.8, 4) is 0 Å². The Bertz CT molecular complexity index is 632. The van der Waals surface area contributed by atoms with Gasteiger partial charge in [0.05, 0.1) is 0 Å². The van der Waals surface area contributed by atoms with Gasteiger partial charge >= 0.3 is 0 Å². The van der Waals surface area contributed by atoms with E-state index in [4.69, 9.17) is 28.9 Å². The van der Waals surface area contributed by atoms with Crippen molar-refractivity contribution < 1.29 is 9.18 Å². The largest absolute Gasteiger partial charge is 0.370 e. The minimum absolute atomic E-state index is 0.136. The Morgan fingerprint density at radius 2 is 1.70 bits per heavy atom. The zero-order valence-corrected chi connectivity index (χ0v) is 11.8. The summed E-state index contributed by atoms with van der Waals surface area (Å²) in [5.41, 5.74) is 6.07. The Morgan fingerprint density at radius 1 is 1.10 bits per heavy atom. The maximum atomic E-state index is 13.9. The first kappa shape index (κ1) is 14.6. The number of carbonyl (C=O) groups excluding carboxylic acids is 1. The van der Waals surface area contributed by atoms with Crippen LogP contribution in [0.3, 0.4) is 0 Å². The molecule has 1 atom stereocenters. The van der Waals surface area contributed by atoms with E-state index in [0.717, 1.165) is 6.07 Å². The van der Waals surface area contributed by atoms with Crippen molar-refractivity contribution in [1.82, 2.24) is 0 Å². The lowest BCUT2D eigenvalue weighted by atomic mass is 10.1. The SMILES string of the molecule is NC(=O)C(Nc1ccc(Cl)cc1)c1ccc(Cl)cc1F. The average molecular weight is 313 g/mol. The molecule has 2 rings (SSSR count). The second-order valence-corrected chi connectivity index (χ2v) is 5.03. The molecule has 0 spiro atoms. The molecule has 2 aromatic rings. The summed E-state index contributed by atoms with van der Waals surface area (Å²) in [5.74, 6) is -1.29. The maximum Gasteiger partial charge on any atom is 0.244 e. The van der Waals surface area contributed by atoms with Crippen molar-refractivity contribution in [1.29, 1.82) is 0 Å². The second kappa shape index (κ2) is 6.11. The van der Waals surface area contributed by atoms with Crippen LogP contribution in [0, 0.1) is 5.82 Å². The number of hydrogen-bond acceptors (Lipinski definition) is 2. The molecule has 2 aromatic carbocycles. The van der Waals surface area contributed by atoms with Crippen molar-refractivity contribution in [2.45, 2.75) is 6.04 Å². The molecule has 0 bridgehead atoms. The number of anilines is 1. The fourth-order valence-electron chi connectivity index (χ4n) is 1.75. The van der Waals surface area contributed by atoms with Gasteiger partial charge in [-0.15, -0.1) is 0 Å². The van der Waals surface area contributed by atoms with Crippen LogP contribution in [-0.4, -0.2) is 5.91 Å². The highest BCUT2D eigenvalue weighted by molar-refractivity contribution is 6.30. The molecule has 6 heteroatoms. The van der Waals surface area contributed by atoms with E-state index in [9.17, 15) is 9.18 Å². The standard InChI is InChI=1S/C14H11Cl2FN2O/c15-8-1-4-10(5-2-8)19-13(14(18)20)11-6-3-9(16)7-12(11)17/h1-7,13,19H,(H2,18,20). The molecule has 0 saturated carbocycles. The molecule has 0 saturated heterocycles. The lowest BCUT2D eigenvalue weighted by Gasteiger charge is -2.18. The van der Waals surface area contributed by atoms with Gasteiger partial charge < -0.3 is 11.1 Å². The summed E-state index contributed by atoms with van der Waals surface area (Å²) >= 11 is 11.5. The van der Waals surface area contributed by atoms with Gasteiger partial charge in [0.25, 0.3) is 0 Å². The number of halogens is 3. The molecule has 0 aliphatic heterocycles. The maximum absolute atomic E-state index is 13.9. The van der Waals surface area contributed by atoms with E-state index in [-0.39, 0.29) is 10.6 Å². The normalized spacial score (nSPS) is 11.9. The number of hydrogen-bond donors (Lipinski definition) is 2. The number of rotatable bonds is 4. The Balaban J connectivity index is 2.31. The summed E-state index contributed by atoms with van der Waals surface area (Å²) in [6.07, 6.45) is 0. The monoisotopic (exact) mass is 312 g/mol. The number of benzene rings is 2. The van der Waals surface area contributed by atoms with Crippen LogP contribution in [-0.2, 0) is 4.79 Å². The first-order valence-corrected chi connectivity index (χ1v) is 6.49. The van der Waals surface area contributed by atoms with Gasteiger partial charge in [0.15, 0.2) is 0 Å². The first-order chi connectivity index (χ1) is 9.47. The van der Waals surface area contributed by atoms with Gasteiger partial charge in [-0.1, -0.05) is 29.3 Å². The molecule has 0 fully saturated rings. The molecule has 3 nitrogen and oxygen atoms in total. The second-order valence-electron chi connectivity index (χ2n) is 4.15. The fraction of sp³-hybridized carbons (Fsp3) is 0.0714. The van der Waals surface area contributed by atoms with Crippen LogP contribution in [0.4, 0.5) is 10.1 Å². The van der Waals surface area contributed by atoms with E-state index in [1.165, 1.54) is 12.1 Å². The number of nitrogens with one attached hydrogen (secondary N) is 1. The summed E-state index contributed by atoms with van der Waals surface area (Å²) < 4.78 is 13.9. The predicted molar refractivity (Wildman–Crippen MR) is 78.4 cm³/mol. The Kier molecular flexibility index (Phi) is 4.47. The Morgan fingerprint density at radius 3 is 2.25 bits per heavy atom. The molecule has 3 N–H and O–H groups in total. The number of carbonyl (C=O) groups is 1. The summed E-state index contributed by atoms with van der Waals surface area (Å²) in [4.78, 5) is 11.5.